The molecule has 1 aromatic carbocycles. The summed E-state index contributed by atoms with van der Waals surface area (Å²) in [6.45, 7) is 0. The lowest BCUT2D eigenvalue weighted by atomic mass is 10.2. The SMILES string of the molecule is CO[C@@H]1Cc2ccccc2O1. The summed E-state index contributed by atoms with van der Waals surface area (Å²) >= 11 is 0. The van der Waals surface area contributed by atoms with E-state index in [-0.39, 0.29) is 6.29 Å². The molecular formula is C9H10O2. The minimum atomic E-state index is -0.0765. The van der Waals surface area contributed by atoms with Crippen LogP contribution >= 0.6 is 0 Å². The molecule has 1 atom stereocenters. The van der Waals surface area contributed by atoms with E-state index in [9.17, 15) is 0 Å². The Morgan fingerprint density at radius 1 is 1.45 bits per heavy atom. The Hall–Kier alpha value is -1.02. The van der Waals surface area contributed by atoms with Gasteiger partial charge in [0.15, 0.2) is 0 Å². The highest BCUT2D eigenvalue weighted by molar-refractivity contribution is 5.36. The monoisotopic (exact) mass is 150 g/mol. The second-order valence-corrected chi connectivity index (χ2v) is 2.59. The molecule has 0 unspecified atom stereocenters. The van der Waals surface area contributed by atoms with Gasteiger partial charge in [0, 0.05) is 19.1 Å². The highest BCUT2D eigenvalue weighted by Gasteiger charge is 2.20. The first-order valence-corrected chi connectivity index (χ1v) is 3.67. The van der Waals surface area contributed by atoms with Crippen molar-refractivity contribution in [2.45, 2.75) is 12.7 Å². The summed E-state index contributed by atoms with van der Waals surface area (Å²) in [5, 5.41) is 0. The molecule has 0 saturated heterocycles. The summed E-state index contributed by atoms with van der Waals surface area (Å²) in [7, 11) is 1.66. The maximum absolute atomic E-state index is 5.43. The van der Waals surface area contributed by atoms with Crippen LogP contribution in [0.5, 0.6) is 5.75 Å². The Bertz CT molecular complexity index is 232. The summed E-state index contributed by atoms with van der Waals surface area (Å²) in [4.78, 5) is 0. The fraction of sp³-hybridized carbons (Fsp3) is 0.333. The third-order valence-corrected chi connectivity index (χ3v) is 1.88. The zero-order valence-corrected chi connectivity index (χ0v) is 6.41. The molecule has 1 aliphatic heterocycles. The Morgan fingerprint density at radius 2 is 2.27 bits per heavy atom. The van der Waals surface area contributed by atoms with Crippen molar-refractivity contribution in [3.63, 3.8) is 0 Å². The van der Waals surface area contributed by atoms with Gasteiger partial charge in [0.2, 0.25) is 6.29 Å². The topological polar surface area (TPSA) is 18.5 Å². The van der Waals surface area contributed by atoms with E-state index in [4.69, 9.17) is 9.47 Å². The Balaban J connectivity index is 2.27. The highest BCUT2D eigenvalue weighted by atomic mass is 16.7. The van der Waals surface area contributed by atoms with Crippen LogP contribution in [0.25, 0.3) is 0 Å². The Labute approximate surface area is 65.7 Å². The number of benzene rings is 1. The predicted molar refractivity (Wildman–Crippen MR) is 41.6 cm³/mol. The lowest BCUT2D eigenvalue weighted by Gasteiger charge is -2.06. The van der Waals surface area contributed by atoms with Gasteiger partial charge in [-0.05, 0) is 6.07 Å². The lowest BCUT2D eigenvalue weighted by molar-refractivity contribution is -0.0367. The molecular weight excluding hydrogens is 140 g/mol. The largest absolute Gasteiger partial charge is 0.464 e. The molecule has 2 rings (SSSR count). The fourth-order valence-corrected chi connectivity index (χ4v) is 1.28. The molecule has 0 N–H and O–H groups in total. The molecule has 0 amide bonds. The van der Waals surface area contributed by atoms with Crippen LogP contribution in [-0.4, -0.2) is 13.4 Å². The van der Waals surface area contributed by atoms with E-state index in [2.05, 4.69) is 6.07 Å². The zero-order chi connectivity index (χ0) is 7.68. The van der Waals surface area contributed by atoms with Crippen molar-refractivity contribution in [1.29, 1.82) is 0 Å². The fourth-order valence-electron chi connectivity index (χ4n) is 1.28. The average molecular weight is 150 g/mol. The van der Waals surface area contributed by atoms with Crippen molar-refractivity contribution in [3.8, 4) is 5.75 Å². The molecule has 0 saturated carbocycles. The quantitative estimate of drug-likeness (QED) is 0.605. The molecule has 1 aliphatic rings. The third kappa shape index (κ3) is 1.10. The summed E-state index contributed by atoms with van der Waals surface area (Å²) in [6, 6.07) is 8.01. The zero-order valence-electron chi connectivity index (χ0n) is 6.41. The number of ether oxygens (including phenoxy) is 2. The summed E-state index contributed by atoms with van der Waals surface area (Å²) in [5.74, 6) is 0.958. The molecule has 0 aromatic heterocycles. The number of rotatable bonds is 1. The Kier molecular flexibility index (Phi) is 1.55. The number of para-hydroxylation sites is 1. The molecule has 0 spiro atoms. The van der Waals surface area contributed by atoms with E-state index in [1.807, 2.05) is 18.2 Å². The van der Waals surface area contributed by atoms with Crippen LogP contribution in [0.3, 0.4) is 0 Å². The van der Waals surface area contributed by atoms with Crippen LogP contribution in [0, 0.1) is 0 Å². The van der Waals surface area contributed by atoms with Gasteiger partial charge in [0.05, 0.1) is 0 Å². The van der Waals surface area contributed by atoms with Gasteiger partial charge in [-0.1, -0.05) is 18.2 Å². The predicted octanol–water partition coefficient (Wildman–Crippen LogP) is 1.59. The maximum atomic E-state index is 5.43. The third-order valence-electron chi connectivity index (χ3n) is 1.88. The smallest absolute Gasteiger partial charge is 0.203 e. The molecule has 0 fully saturated rings. The van der Waals surface area contributed by atoms with E-state index in [1.54, 1.807) is 7.11 Å². The van der Waals surface area contributed by atoms with Crippen LogP contribution in [-0.2, 0) is 11.2 Å². The molecule has 0 radical (unpaired) electrons. The minimum Gasteiger partial charge on any atom is -0.464 e. The first-order chi connectivity index (χ1) is 5.40. The van der Waals surface area contributed by atoms with Crippen molar-refractivity contribution in [2.75, 3.05) is 7.11 Å². The normalized spacial score (nSPS) is 21.0. The number of hydrogen-bond donors (Lipinski definition) is 0. The second kappa shape index (κ2) is 2.55. The van der Waals surface area contributed by atoms with Crippen molar-refractivity contribution in [2.24, 2.45) is 0 Å². The van der Waals surface area contributed by atoms with Crippen LogP contribution in [0.2, 0.25) is 0 Å². The van der Waals surface area contributed by atoms with E-state index >= 15 is 0 Å². The lowest BCUT2D eigenvalue weighted by Crippen LogP contribution is -2.14. The van der Waals surface area contributed by atoms with E-state index in [1.165, 1.54) is 5.56 Å². The van der Waals surface area contributed by atoms with Crippen molar-refractivity contribution in [1.82, 2.24) is 0 Å². The molecule has 1 aromatic rings. The van der Waals surface area contributed by atoms with Gasteiger partial charge < -0.3 is 9.47 Å². The van der Waals surface area contributed by atoms with Gasteiger partial charge in [-0.2, -0.15) is 0 Å². The first kappa shape index (κ1) is 6.68. The second-order valence-electron chi connectivity index (χ2n) is 2.59. The van der Waals surface area contributed by atoms with Gasteiger partial charge in [0.1, 0.15) is 5.75 Å². The van der Waals surface area contributed by atoms with Crippen molar-refractivity contribution < 1.29 is 9.47 Å². The maximum Gasteiger partial charge on any atom is 0.203 e. The first-order valence-electron chi connectivity index (χ1n) is 3.67. The van der Waals surface area contributed by atoms with Crippen LogP contribution in [0.4, 0.5) is 0 Å². The molecule has 0 aliphatic carbocycles. The summed E-state index contributed by atoms with van der Waals surface area (Å²) in [5.41, 5.74) is 1.24. The van der Waals surface area contributed by atoms with Gasteiger partial charge in [-0.3, -0.25) is 0 Å². The van der Waals surface area contributed by atoms with E-state index in [0.717, 1.165) is 12.2 Å². The average Bonchev–Trinajstić information content (AvgIpc) is 2.46. The van der Waals surface area contributed by atoms with Crippen molar-refractivity contribution in [3.05, 3.63) is 29.8 Å². The van der Waals surface area contributed by atoms with Crippen LogP contribution in [0.1, 0.15) is 5.56 Å². The number of fused-ring (bicyclic) bond motifs is 1. The van der Waals surface area contributed by atoms with E-state index < -0.39 is 0 Å². The summed E-state index contributed by atoms with van der Waals surface area (Å²) < 4.78 is 10.5. The van der Waals surface area contributed by atoms with Gasteiger partial charge in [-0.25, -0.2) is 0 Å². The molecule has 2 heteroatoms. The number of methoxy groups -OCH3 is 1. The number of hydrogen-bond acceptors (Lipinski definition) is 2. The molecule has 1 heterocycles. The highest BCUT2D eigenvalue weighted by Crippen LogP contribution is 2.27. The van der Waals surface area contributed by atoms with Crippen LogP contribution < -0.4 is 4.74 Å². The molecule has 2 nitrogen and oxygen atoms in total. The standard InChI is InChI=1S/C9H10O2/c1-10-9-6-7-4-2-3-5-8(7)11-9/h2-5,9H,6H2,1H3/t9-/m0/s1. The molecule has 0 bridgehead atoms. The van der Waals surface area contributed by atoms with Gasteiger partial charge in [-0.15, -0.1) is 0 Å². The van der Waals surface area contributed by atoms with Crippen molar-refractivity contribution >= 4 is 0 Å². The van der Waals surface area contributed by atoms with Crippen LogP contribution in [0.15, 0.2) is 24.3 Å². The molecule has 58 valence electrons. The van der Waals surface area contributed by atoms with E-state index in [0.29, 0.717) is 0 Å². The van der Waals surface area contributed by atoms with Gasteiger partial charge in [0.25, 0.3) is 0 Å². The minimum absolute atomic E-state index is 0.0765. The summed E-state index contributed by atoms with van der Waals surface area (Å²) in [6.07, 6.45) is 0.791. The van der Waals surface area contributed by atoms with Gasteiger partial charge >= 0.3 is 0 Å². The molecule has 11 heavy (non-hydrogen) atoms. The Morgan fingerprint density at radius 3 is 3.00 bits per heavy atom.